The van der Waals surface area contributed by atoms with Gasteiger partial charge in [-0.25, -0.2) is 8.78 Å². The first kappa shape index (κ1) is 16.3. The third-order valence-corrected chi connectivity index (χ3v) is 2.92. The standard InChI is InChI=1S/C13H19F2N3O2/c1-7(2)11(6-20-3)17-13(19)8-4-9(14)12(18-16)10(15)5-8/h4-5,7,11,18H,6,16H2,1-3H3,(H,17,19). The summed E-state index contributed by atoms with van der Waals surface area (Å²) in [6, 6.07) is 1.61. The number of anilines is 1. The van der Waals surface area contributed by atoms with E-state index >= 15 is 0 Å². The van der Waals surface area contributed by atoms with Crippen LogP contribution in [-0.2, 0) is 4.74 Å². The van der Waals surface area contributed by atoms with Gasteiger partial charge in [0.25, 0.3) is 5.91 Å². The average Bonchev–Trinajstić information content (AvgIpc) is 2.37. The number of ether oxygens (including phenoxy) is 1. The van der Waals surface area contributed by atoms with Crippen molar-refractivity contribution in [1.29, 1.82) is 0 Å². The summed E-state index contributed by atoms with van der Waals surface area (Å²) in [6.07, 6.45) is 0. The predicted octanol–water partition coefficient (Wildman–Crippen LogP) is 1.65. The van der Waals surface area contributed by atoms with E-state index in [1.54, 1.807) is 0 Å². The van der Waals surface area contributed by atoms with E-state index in [2.05, 4.69) is 5.32 Å². The predicted molar refractivity (Wildman–Crippen MR) is 72.1 cm³/mol. The lowest BCUT2D eigenvalue weighted by Crippen LogP contribution is -2.41. The molecule has 0 spiro atoms. The normalized spacial score (nSPS) is 12.3. The Hall–Kier alpha value is -1.73. The summed E-state index contributed by atoms with van der Waals surface area (Å²) in [7, 11) is 1.52. The third-order valence-electron chi connectivity index (χ3n) is 2.92. The second kappa shape index (κ2) is 7.16. The maximum atomic E-state index is 13.5. The van der Waals surface area contributed by atoms with Gasteiger partial charge in [0.2, 0.25) is 0 Å². The number of methoxy groups -OCH3 is 1. The van der Waals surface area contributed by atoms with Gasteiger partial charge in [0.05, 0.1) is 12.6 Å². The van der Waals surface area contributed by atoms with Crippen LogP contribution in [0.15, 0.2) is 12.1 Å². The van der Waals surface area contributed by atoms with Crippen molar-refractivity contribution in [2.24, 2.45) is 11.8 Å². The maximum absolute atomic E-state index is 13.5. The lowest BCUT2D eigenvalue weighted by molar-refractivity contribution is 0.0866. The molecule has 0 aromatic heterocycles. The fraction of sp³-hybridized carbons (Fsp3) is 0.462. The van der Waals surface area contributed by atoms with E-state index in [0.29, 0.717) is 6.61 Å². The Morgan fingerprint density at radius 1 is 1.35 bits per heavy atom. The van der Waals surface area contributed by atoms with Gasteiger partial charge >= 0.3 is 0 Å². The largest absolute Gasteiger partial charge is 0.383 e. The summed E-state index contributed by atoms with van der Waals surface area (Å²) >= 11 is 0. The van der Waals surface area contributed by atoms with E-state index in [-0.39, 0.29) is 17.5 Å². The Morgan fingerprint density at radius 2 is 1.90 bits per heavy atom. The number of rotatable bonds is 6. The molecule has 0 aliphatic carbocycles. The van der Waals surface area contributed by atoms with Crippen molar-refractivity contribution >= 4 is 11.6 Å². The van der Waals surface area contributed by atoms with E-state index < -0.39 is 23.2 Å². The smallest absolute Gasteiger partial charge is 0.251 e. The highest BCUT2D eigenvalue weighted by Crippen LogP contribution is 2.19. The molecule has 0 heterocycles. The number of hydrazine groups is 1. The van der Waals surface area contributed by atoms with E-state index in [4.69, 9.17) is 10.6 Å². The van der Waals surface area contributed by atoms with Crippen molar-refractivity contribution in [3.63, 3.8) is 0 Å². The van der Waals surface area contributed by atoms with Crippen LogP contribution < -0.4 is 16.6 Å². The van der Waals surface area contributed by atoms with E-state index in [9.17, 15) is 13.6 Å². The molecule has 1 atom stereocenters. The minimum absolute atomic E-state index is 0.110. The lowest BCUT2D eigenvalue weighted by atomic mass is 10.0. The third kappa shape index (κ3) is 3.88. The number of carbonyl (C=O) groups is 1. The quantitative estimate of drug-likeness (QED) is 0.549. The fourth-order valence-corrected chi connectivity index (χ4v) is 1.67. The maximum Gasteiger partial charge on any atom is 0.251 e. The highest BCUT2D eigenvalue weighted by atomic mass is 19.1. The van der Waals surface area contributed by atoms with E-state index in [0.717, 1.165) is 12.1 Å². The number of halogens is 2. The molecule has 20 heavy (non-hydrogen) atoms. The van der Waals surface area contributed by atoms with Crippen LogP contribution in [-0.4, -0.2) is 25.7 Å². The molecular formula is C13H19F2N3O2. The highest BCUT2D eigenvalue weighted by molar-refractivity contribution is 5.94. The molecule has 0 radical (unpaired) electrons. The molecule has 1 unspecified atom stereocenters. The van der Waals surface area contributed by atoms with Crippen molar-refractivity contribution in [3.8, 4) is 0 Å². The molecule has 0 saturated carbocycles. The van der Waals surface area contributed by atoms with Gasteiger partial charge < -0.3 is 15.5 Å². The molecule has 0 fully saturated rings. The molecule has 1 aromatic rings. The Kier molecular flexibility index (Phi) is 5.84. The van der Waals surface area contributed by atoms with Gasteiger partial charge in [0.1, 0.15) is 5.69 Å². The van der Waals surface area contributed by atoms with Crippen molar-refractivity contribution in [2.75, 3.05) is 19.1 Å². The first-order valence-corrected chi connectivity index (χ1v) is 6.16. The van der Waals surface area contributed by atoms with Gasteiger partial charge in [-0.3, -0.25) is 10.6 Å². The Morgan fingerprint density at radius 3 is 2.30 bits per heavy atom. The zero-order chi connectivity index (χ0) is 15.3. The second-order valence-corrected chi connectivity index (χ2v) is 4.74. The molecule has 7 heteroatoms. The molecule has 0 bridgehead atoms. The summed E-state index contributed by atoms with van der Waals surface area (Å²) in [4.78, 5) is 12.0. The fourth-order valence-electron chi connectivity index (χ4n) is 1.67. The van der Waals surface area contributed by atoms with Gasteiger partial charge in [0.15, 0.2) is 11.6 Å². The number of nitrogen functional groups attached to an aromatic ring is 1. The van der Waals surface area contributed by atoms with E-state index in [1.165, 1.54) is 7.11 Å². The van der Waals surface area contributed by atoms with Crippen LogP contribution in [0.5, 0.6) is 0 Å². The summed E-state index contributed by atoms with van der Waals surface area (Å²) in [5, 5.41) is 2.68. The summed E-state index contributed by atoms with van der Waals surface area (Å²) in [5.41, 5.74) is 1.32. The molecule has 0 aliphatic heterocycles. The van der Waals surface area contributed by atoms with Gasteiger partial charge in [0, 0.05) is 12.7 Å². The average molecular weight is 287 g/mol. The van der Waals surface area contributed by atoms with Crippen LogP contribution in [0.4, 0.5) is 14.5 Å². The topological polar surface area (TPSA) is 76.4 Å². The number of nitrogens with one attached hydrogen (secondary N) is 2. The SMILES string of the molecule is COCC(NC(=O)c1cc(F)c(NN)c(F)c1)C(C)C. The number of benzene rings is 1. The molecule has 0 saturated heterocycles. The summed E-state index contributed by atoms with van der Waals surface area (Å²) < 4.78 is 32.1. The van der Waals surface area contributed by atoms with Gasteiger partial charge in [-0.2, -0.15) is 0 Å². The van der Waals surface area contributed by atoms with Crippen molar-refractivity contribution in [2.45, 2.75) is 19.9 Å². The van der Waals surface area contributed by atoms with Crippen molar-refractivity contribution in [3.05, 3.63) is 29.3 Å². The molecule has 4 N–H and O–H groups in total. The molecule has 5 nitrogen and oxygen atoms in total. The van der Waals surface area contributed by atoms with Crippen LogP contribution in [0.2, 0.25) is 0 Å². The minimum atomic E-state index is -0.925. The van der Waals surface area contributed by atoms with Gasteiger partial charge in [-0.1, -0.05) is 13.8 Å². The highest BCUT2D eigenvalue weighted by Gasteiger charge is 2.19. The number of hydrogen-bond donors (Lipinski definition) is 3. The summed E-state index contributed by atoms with van der Waals surface area (Å²) in [5.74, 6) is 2.70. The zero-order valence-electron chi connectivity index (χ0n) is 11.7. The van der Waals surface area contributed by atoms with Gasteiger partial charge in [-0.15, -0.1) is 0 Å². The molecular weight excluding hydrogens is 268 g/mol. The number of carbonyl (C=O) groups excluding carboxylic acids is 1. The number of nitrogens with two attached hydrogens (primary N) is 1. The van der Waals surface area contributed by atoms with Crippen LogP contribution in [0.1, 0.15) is 24.2 Å². The molecule has 0 aliphatic rings. The van der Waals surface area contributed by atoms with Crippen LogP contribution in [0.3, 0.4) is 0 Å². The zero-order valence-corrected chi connectivity index (χ0v) is 11.7. The van der Waals surface area contributed by atoms with Crippen LogP contribution in [0, 0.1) is 17.6 Å². The Balaban J connectivity index is 2.92. The summed E-state index contributed by atoms with van der Waals surface area (Å²) in [6.45, 7) is 4.13. The van der Waals surface area contributed by atoms with Crippen LogP contribution in [0.25, 0.3) is 0 Å². The second-order valence-electron chi connectivity index (χ2n) is 4.74. The molecule has 1 rings (SSSR count). The Bertz CT molecular complexity index is 458. The minimum Gasteiger partial charge on any atom is -0.383 e. The van der Waals surface area contributed by atoms with Crippen LogP contribution >= 0.6 is 0 Å². The molecule has 1 aromatic carbocycles. The lowest BCUT2D eigenvalue weighted by Gasteiger charge is -2.21. The monoisotopic (exact) mass is 287 g/mol. The Labute approximate surface area is 116 Å². The molecule has 112 valence electrons. The first-order chi connectivity index (χ1) is 9.40. The van der Waals surface area contributed by atoms with Crippen molar-refractivity contribution < 1.29 is 18.3 Å². The first-order valence-electron chi connectivity index (χ1n) is 6.16. The number of amides is 1. The molecule has 1 amide bonds. The number of hydrogen-bond acceptors (Lipinski definition) is 4. The van der Waals surface area contributed by atoms with Crippen molar-refractivity contribution in [1.82, 2.24) is 5.32 Å². The van der Waals surface area contributed by atoms with Gasteiger partial charge in [-0.05, 0) is 18.1 Å². The van der Waals surface area contributed by atoms with E-state index in [1.807, 2.05) is 19.3 Å².